The lowest BCUT2D eigenvalue weighted by Crippen LogP contribution is -2.14. The monoisotopic (exact) mass is 229 g/mol. The minimum absolute atomic E-state index is 0.476. The van der Waals surface area contributed by atoms with E-state index in [4.69, 9.17) is 0 Å². The van der Waals surface area contributed by atoms with Crippen molar-refractivity contribution in [2.75, 3.05) is 20.1 Å². The first-order valence-electron chi connectivity index (χ1n) is 5.89. The van der Waals surface area contributed by atoms with Crippen LogP contribution in [0.25, 0.3) is 5.52 Å². The molecule has 0 saturated carbocycles. The summed E-state index contributed by atoms with van der Waals surface area (Å²) in [6.45, 7) is 2.16. The number of hydrogen-bond acceptors (Lipinski definition) is 3. The molecule has 0 aliphatic carbocycles. The maximum Gasteiger partial charge on any atom is 0.152 e. The van der Waals surface area contributed by atoms with Crippen LogP contribution in [0.5, 0.6) is 0 Å². The topological polar surface area (TPSA) is 37.6 Å². The Morgan fingerprint density at radius 3 is 3.12 bits per heavy atom. The van der Waals surface area contributed by atoms with Crippen LogP contribution in [0.15, 0.2) is 24.5 Å². The number of aldehydes is 1. The number of pyridine rings is 1. The van der Waals surface area contributed by atoms with Gasteiger partial charge in [0, 0.05) is 24.2 Å². The second-order valence-electron chi connectivity index (χ2n) is 4.70. The lowest BCUT2D eigenvalue weighted by Gasteiger charge is -2.09. The van der Waals surface area contributed by atoms with E-state index >= 15 is 0 Å². The van der Waals surface area contributed by atoms with E-state index in [1.165, 1.54) is 0 Å². The molecule has 0 radical (unpaired) electrons. The van der Waals surface area contributed by atoms with Gasteiger partial charge in [0.1, 0.15) is 5.82 Å². The van der Waals surface area contributed by atoms with E-state index in [-0.39, 0.29) is 0 Å². The lowest BCUT2D eigenvalue weighted by molar-refractivity contribution is 0.112. The number of carbonyl (C=O) groups is 1. The van der Waals surface area contributed by atoms with Crippen molar-refractivity contribution in [1.29, 1.82) is 0 Å². The largest absolute Gasteiger partial charge is 0.306 e. The summed E-state index contributed by atoms with van der Waals surface area (Å²) in [6, 6.07) is 3.73. The maximum atomic E-state index is 11.0. The minimum Gasteiger partial charge on any atom is -0.306 e. The summed E-state index contributed by atoms with van der Waals surface area (Å²) in [4.78, 5) is 17.8. The van der Waals surface area contributed by atoms with Crippen molar-refractivity contribution in [2.45, 2.75) is 12.3 Å². The number of imidazole rings is 1. The highest BCUT2D eigenvalue weighted by molar-refractivity contribution is 5.85. The molecular formula is C13H15N3O. The highest BCUT2D eigenvalue weighted by Gasteiger charge is 2.24. The number of carbonyl (C=O) groups excluding carboxylic acids is 1. The van der Waals surface area contributed by atoms with Crippen LogP contribution < -0.4 is 0 Å². The predicted molar refractivity (Wildman–Crippen MR) is 65.4 cm³/mol. The molecule has 0 bridgehead atoms. The molecule has 0 amide bonds. The van der Waals surface area contributed by atoms with Gasteiger partial charge >= 0.3 is 0 Å². The molecular weight excluding hydrogens is 214 g/mol. The molecule has 1 fully saturated rings. The van der Waals surface area contributed by atoms with E-state index in [0.29, 0.717) is 11.5 Å². The Labute approximate surface area is 99.9 Å². The van der Waals surface area contributed by atoms with Crippen molar-refractivity contribution in [2.24, 2.45) is 0 Å². The summed E-state index contributed by atoms with van der Waals surface area (Å²) < 4.78 is 2.05. The first kappa shape index (κ1) is 10.5. The van der Waals surface area contributed by atoms with Gasteiger partial charge in [0.05, 0.1) is 11.7 Å². The highest BCUT2D eigenvalue weighted by atomic mass is 16.1. The van der Waals surface area contributed by atoms with Crippen molar-refractivity contribution in [3.8, 4) is 0 Å². The summed E-state index contributed by atoms with van der Waals surface area (Å²) in [7, 11) is 2.13. The zero-order valence-electron chi connectivity index (χ0n) is 9.84. The highest BCUT2D eigenvalue weighted by Crippen LogP contribution is 2.26. The molecule has 3 heterocycles. The average molecular weight is 229 g/mol. The van der Waals surface area contributed by atoms with E-state index in [2.05, 4.69) is 16.9 Å². The van der Waals surface area contributed by atoms with Gasteiger partial charge < -0.3 is 9.30 Å². The quantitative estimate of drug-likeness (QED) is 0.733. The fourth-order valence-electron chi connectivity index (χ4n) is 2.61. The Hall–Kier alpha value is -1.68. The second-order valence-corrected chi connectivity index (χ2v) is 4.70. The van der Waals surface area contributed by atoms with E-state index < -0.39 is 0 Å². The van der Waals surface area contributed by atoms with E-state index in [0.717, 1.165) is 37.1 Å². The smallest absolute Gasteiger partial charge is 0.152 e. The third kappa shape index (κ3) is 1.65. The van der Waals surface area contributed by atoms with Crippen molar-refractivity contribution >= 4 is 11.8 Å². The number of likely N-dealkylation sites (tertiary alicyclic amines) is 1. The molecule has 1 unspecified atom stereocenters. The number of likely N-dealkylation sites (N-methyl/N-ethyl adjacent to an activating group) is 1. The fraction of sp³-hybridized carbons (Fsp3) is 0.385. The van der Waals surface area contributed by atoms with Crippen LogP contribution in [0, 0.1) is 0 Å². The van der Waals surface area contributed by atoms with Crippen LogP contribution in [-0.2, 0) is 0 Å². The Balaban J connectivity index is 2.09. The van der Waals surface area contributed by atoms with Crippen LogP contribution in [0.3, 0.4) is 0 Å². The van der Waals surface area contributed by atoms with Gasteiger partial charge in [0.15, 0.2) is 6.29 Å². The van der Waals surface area contributed by atoms with Gasteiger partial charge in [-0.2, -0.15) is 0 Å². The minimum atomic E-state index is 0.476. The van der Waals surface area contributed by atoms with Crippen molar-refractivity contribution in [1.82, 2.24) is 14.3 Å². The van der Waals surface area contributed by atoms with Crippen molar-refractivity contribution in [3.05, 3.63) is 35.9 Å². The number of rotatable bonds is 2. The molecule has 1 atom stereocenters. The van der Waals surface area contributed by atoms with Crippen LogP contribution >= 0.6 is 0 Å². The van der Waals surface area contributed by atoms with Gasteiger partial charge in [-0.3, -0.25) is 4.79 Å². The standard InChI is InChI=1S/C13H15N3O/c1-15-6-4-10(8-15)13-14-7-12-11(9-17)3-2-5-16(12)13/h2-3,5,7,9-10H,4,6,8H2,1H3. The molecule has 0 aromatic carbocycles. The van der Waals surface area contributed by atoms with E-state index in [1.807, 2.05) is 22.7 Å². The zero-order valence-corrected chi connectivity index (χ0v) is 9.84. The number of aromatic nitrogens is 2. The van der Waals surface area contributed by atoms with Crippen LogP contribution in [-0.4, -0.2) is 40.7 Å². The van der Waals surface area contributed by atoms with E-state index in [1.54, 1.807) is 6.20 Å². The first-order valence-corrected chi connectivity index (χ1v) is 5.89. The molecule has 1 saturated heterocycles. The Morgan fingerprint density at radius 2 is 2.41 bits per heavy atom. The molecule has 0 spiro atoms. The van der Waals surface area contributed by atoms with Gasteiger partial charge in [-0.05, 0) is 32.1 Å². The molecule has 2 aromatic rings. The molecule has 88 valence electrons. The summed E-state index contributed by atoms with van der Waals surface area (Å²) in [5.41, 5.74) is 1.62. The summed E-state index contributed by atoms with van der Waals surface area (Å²) in [6.07, 6.45) is 5.82. The normalized spacial score (nSPS) is 21.1. The molecule has 17 heavy (non-hydrogen) atoms. The van der Waals surface area contributed by atoms with Gasteiger partial charge in [0.2, 0.25) is 0 Å². The molecule has 3 rings (SSSR count). The fourth-order valence-corrected chi connectivity index (χ4v) is 2.61. The zero-order chi connectivity index (χ0) is 11.8. The van der Waals surface area contributed by atoms with Crippen LogP contribution in [0.2, 0.25) is 0 Å². The lowest BCUT2D eigenvalue weighted by atomic mass is 10.1. The predicted octanol–water partition coefficient (Wildman–Crippen LogP) is 1.57. The van der Waals surface area contributed by atoms with Gasteiger partial charge in [-0.25, -0.2) is 4.98 Å². The summed E-state index contributed by atoms with van der Waals surface area (Å²) in [5.74, 6) is 1.55. The molecule has 4 heteroatoms. The van der Waals surface area contributed by atoms with Gasteiger partial charge in [0.25, 0.3) is 0 Å². The summed E-state index contributed by atoms with van der Waals surface area (Å²) in [5, 5.41) is 0. The van der Waals surface area contributed by atoms with E-state index in [9.17, 15) is 4.79 Å². The van der Waals surface area contributed by atoms with Crippen LogP contribution in [0.4, 0.5) is 0 Å². The van der Waals surface area contributed by atoms with Crippen LogP contribution in [0.1, 0.15) is 28.5 Å². The molecule has 1 aliphatic heterocycles. The Morgan fingerprint density at radius 1 is 1.53 bits per heavy atom. The number of hydrogen-bond donors (Lipinski definition) is 0. The second kappa shape index (κ2) is 3.96. The van der Waals surface area contributed by atoms with Gasteiger partial charge in [-0.15, -0.1) is 0 Å². The SMILES string of the molecule is CN1CCC(c2ncc3c(C=O)cccn23)C1. The molecule has 1 aliphatic rings. The third-order valence-corrected chi connectivity index (χ3v) is 3.52. The van der Waals surface area contributed by atoms with Crippen molar-refractivity contribution < 1.29 is 4.79 Å². The summed E-state index contributed by atoms with van der Waals surface area (Å²) >= 11 is 0. The molecule has 4 nitrogen and oxygen atoms in total. The number of fused-ring (bicyclic) bond motifs is 1. The van der Waals surface area contributed by atoms with Crippen molar-refractivity contribution in [3.63, 3.8) is 0 Å². The molecule has 0 N–H and O–H groups in total. The average Bonchev–Trinajstić information content (AvgIpc) is 2.94. The molecule has 2 aromatic heterocycles. The number of nitrogens with zero attached hydrogens (tertiary/aromatic N) is 3. The Kier molecular flexibility index (Phi) is 2.44. The first-order chi connectivity index (χ1) is 8.29. The third-order valence-electron chi connectivity index (χ3n) is 3.52. The van der Waals surface area contributed by atoms with Gasteiger partial charge in [-0.1, -0.05) is 0 Å². The maximum absolute atomic E-state index is 11.0. The Bertz CT molecular complexity index is 561.